The summed E-state index contributed by atoms with van der Waals surface area (Å²) in [4.78, 5) is 33.7. The maximum Gasteiger partial charge on any atom is 0.277 e. The summed E-state index contributed by atoms with van der Waals surface area (Å²) in [6.07, 6.45) is 0.660. The van der Waals surface area contributed by atoms with Gasteiger partial charge in [0.05, 0.1) is 49.6 Å². The molecular formula is C34H48N8O8S. The molecule has 1 saturated heterocycles. The molecule has 5 rings (SSSR count). The molecule has 16 nitrogen and oxygen atoms in total. The first kappa shape index (κ1) is 39.2. The highest BCUT2D eigenvalue weighted by Crippen LogP contribution is 2.33. The van der Waals surface area contributed by atoms with Gasteiger partial charge in [-0.1, -0.05) is 13.3 Å². The smallest absolute Gasteiger partial charge is 0.277 e. The molecule has 51 heavy (non-hydrogen) atoms. The summed E-state index contributed by atoms with van der Waals surface area (Å²) in [5.74, 6) is 1.53. The second kappa shape index (κ2) is 17.6. The van der Waals surface area contributed by atoms with E-state index >= 15 is 0 Å². The van der Waals surface area contributed by atoms with E-state index in [0.717, 1.165) is 12.1 Å². The Morgan fingerprint density at radius 3 is 2.39 bits per heavy atom. The number of hydrogen-bond donors (Lipinski definition) is 4. The molecule has 1 unspecified atom stereocenters. The number of carbonyl (C=O) groups excluding carboxylic acids is 1. The molecule has 17 heteroatoms. The number of nitrogens with one attached hydrogen (secondary N) is 2. The number of ether oxygens (including phenoxy) is 3. The van der Waals surface area contributed by atoms with Crippen LogP contribution in [-0.4, -0.2) is 116 Å². The SMILES string of the molecule is CCCc1nn(C)c2c(=O)[nH]c(-c3cc(S(=O)(=O)N4CCN(C)CC4)ccc3OCC)nc12.COc1ccc(OC)c(C(O)CNC(=O)CN)c1. The Balaban J connectivity index is 0.000000275. The molecule has 1 aliphatic heterocycles. The molecule has 1 amide bonds. The van der Waals surface area contributed by atoms with Crippen molar-refractivity contribution in [3.05, 3.63) is 58.0 Å². The fraction of sp³-hybridized carbons (Fsp3) is 0.471. The van der Waals surface area contributed by atoms with Gasteiger partial charge in [-0.2, -0.15) is 9.40 Å². The number of hydrogen-bond acceptors (Lipinski definition) is 12. The number of nitrogens with zero attached hydrogens (tertiary/aromatic N) is 5. The highest BCUT2D eigenvalue weighted by molar-refractivity contribution is 7.89. The van der Waals surface area contributed by atoms with E-state index in [1.807, 2.05) is 20.9 Å². The van der Waals surface area contributed by atoms with Crippen LogP contribution >= 0.6 is 0 Å². The fourth-order valence-corrected chi connectivity index (χ4v) is 7.03. The third-order valence-corrected chi connectivity index (χ3v) is 10.2. The van der Waals surface area contributed by atoms with Gasteiger partial charge in [-0.3, -0.25) is 14.3 Å². The van der Waals surface area contributed by atoms with E-state index in [2.05, 4.69) is 20.3 Å². The molecule has 2 aromatic heterocycles. The average molecular weight is 729 g/mol. The predicted molar refractivity (Wildman–Crippen MR) is 193 cm³/mol. The van der Waals surface area contributed by atoms with Crippen LogP contribution < -0.4 is 30.8 Å². The molecule has 3 heterocycles. The van der Waals surface area contributed by atoms with Crippen molar-refractivity contribution in [2.24, 2.45) is 12.8 Å². The molecule has 4 aromatic rings. The summed E-state index contributed by atoms with van der Waals surface area (Å²) in [5.41, 5.74) is 7.46. The minimum absolute atomic E-state index is 0.0690. The molecule has 0 aliphatic carbocycles. The van der Waals surface area contributed by atoms with Gasteiger partial charge in [-0.05, 0) is 56.8 Å². The van der Waals surface area contributed by atoms with Crippen molar-refractivity contribution in [1.82, 2.24) is 34.3 Å². The van der Waals surface area contributed by atoms with Gasteiger partial charge in [-0.15, -0.1) is 0 Å². The molecular weight excluding hydrogens is 680 g/mol. The van der Waals surface area contributed by atoms with Gasteiger partial charge in [-0.25, -0.2) is 13.4 Å². The van der Waals surface area contributed by atoms with Gasteiger partial charge in [0.1, 0.15) is 28.6 Å². The average Bonchev–Trinajstić information content (AvgIpc) is 3.45. The van der Waals surface area contributed by atoms with Gasteiger partial charge < -0.3 is 40.3 Å². The van der Waals surface area contributed by atoms with E-state index in [0.29, 0.717) is 78.6 Å². The lowest BCUT2D eigenvalue weighted by Gasteiger charge is -2.31. The van der Waals surface area contributed by atoms with Crippen LogP contribution in [0.15, 0.2) is 46.1 Å². The number of aromatic nitrogens is 4. The number of H-pyrrole nitrogens is 1. The minimum atomic E-state index is -3.70. The molecule has 0 bridgehead atoms. The van der Waals surface area contributed by atoms with Crippen LogP contribution in [0.1, 0.15) is 37.6 Å². The summed E-state index contributed by atoms with van der Waals surface area (Å²) in [7, 11) is 3.04. The molecule has 0 spiro atoms. The fourth-order valence-electron chi connectivity index (χ4n) is 5.59. The third-order valence-electron chi connectivity index (χ3n) is 8.33. The topological polar surface area (TPSA) is 207 Å². The number of nitrogens with two attached hydrogens (primary N) is 1. The Bertz CT molecular complexity index is 1970. The zero-order valence-corrected chi connectivity index (χ0v) is 30.7. The zero-order valence-electron chi connectivity index (χ0n) is 29.9. The first-order valence-electron chi connectivity index (χ1n) is 16.7. The Kier molecular flexibility index (Phi) is 13.5. The molecule has 1 aliphatic rings. The summed E-state index contributed by atoms with van der Waals surface area (Å²) in [6.45, 7) is 6.44. The van der Waals surface area contributed by atoms with E-state index in [1.165, 1.54) is 23.2 Å². The summed E-state index contributed by atoms with van der Waals surface area (Å²) in [5, 5.41) is 17.0. The number of benzene rings is 2. The lowest BCUT2D eigenvalue weighted by Crippen LogP contribution is -2.47. The molecule has 5 N–H and O–H groups in total. The van der Waals surface area contributed by atoms with Crippen molar-refractivity contribution in [3.8, 4) is 28.6 Å². The van der Waals surface area contributed by atoms with Gasteiger partial charge in [0.15, 0.2) is 5.52 Å². The maximum absolute atomic E-state index is 13.3. The van der Waals surface area contributed by atoms with E-state index in [-0.39, 0.29) is 35.3 Å². The lowest BCUT2D eigenvalue weighted by molar-refractivity contribution is -0.120. The summed E-state index contributed by atoms with van der Waals surface area (Å²) < 4.78 is 45.7. The summed E-state index contributed by atoms with van der Waals surface area (Å²) >= 11 is 0. The highest BCUT2D eigenvalue weighted by Gasteiger charge is 2.29. The van der Waals surface area contributed by atoms with Crippen molar-refractivity contribution in [3.63, 3.8) is 0 Å². The largest absolute Gasteiger partial charge is 0.497 e. The lowest BCUT2D eigenvalue weighted by atomic mass is 10.1. The van der Waals surface area contributed by atoms with Gasteiger partial charge >= 0.3 is 0 Å². The number of amides is 1. The summed E-state index contributed by atoms with van der Waals surface area (Å²) in [6, 6.07) is 9.81. The van der Waals surface area contributed by atoms with Crippen molar-refractivity contribution < 1.29 is 32.5 Å². The number of aryl methyl sites for hydroxylation is 2. The minimum Gasteiger partial charge on any atom is -0.497 e. The van der Waals surface area contributed by atoms with E-state index < -0.39 is 16.1 Å². The molecule has 0 saturated carbocycles. The number of aliphatic hydroxyl groups excluding tert-OH is 1. The van der Waals surface area contributed by atoms with Gasteiger partial charge in [0.25, 0.3) is 5.56 Å². The first-order chi connectivity index (χ1) is 24.4. The van der Waals surface area contributed by atoms with Crippen molar-refractivity contribution in [2.75, 3.05) is 67.1 Å². The van der Waals surface area contributed by atoms with Crippen LogP contribution in [-0.2, 0) is 28.3 Å². The number of carbonyl (C=O) groups is 1. The van der Waals surface area contributed by atoms with Crippen LogP contribution in [0.25, 0.3) is 22.4 Å². The normalized spacial score (nSPS) is 14.4. The van der Waals surface area contributed by atoms with Crippen LogP contribution in [0.5, 0.6) is 17.2 Å². The Hall–Kier alpha value is -4.55. The molecule has 1 fully saturated rings. The second-order valence-corrected chi connectivity index (χ2v) is 13.8. The number of aliphatic hydroxyl groups is 1. The van der Waals surface area contributed by atoms with E-state index in [4.69, 9.17) is 24.9 Å². The van der Waals surface area contributed by atoms with Gasteiger partial charge in [0.2, 0.25) is 15.9 Å². The molecule has 1 atom stereocenters. The molecule has 0 radical (unpaired) electrons. The van der Waals surface area contributed by atoms with Crippen molar-refractivity contribution in [1.29, 1.82) is 0 Å². The van der Waals surface area contributed by atoms with Crippen LogP contribution in [0.4, 0.5) is 0 Å². The number of sulfonamides is 1. The Morgan fingerprint density at radius 2 is 1.76 bits per heavy atom. The number of aromatic amines is 1. The molecule has 278 valence electrons. The van der Waals surface area contributed by atoms with E-state index in [9.17, 15) is 23.1 Å². The Morgan fingerprint density at radius 1 is 1.06 bits per heavy atom. The third kappa shape index (κ3) is 9.22. The number of rotatable bonds is 13. The molecule has 2 aromatic carbocycles. The number of piperazine rings is 1. The standard InChI is InChI=1S/C22H30N6O4S.C12H18N2O4/c1-5-7-17-19-20(27(4)25-17)22(29)24-21(23-19)16-14-15(8-9-18(16)32-6-2)33(30,31)28-12-10-26(3)11-13-28;1-17-8-3-4-11(18-2)9(5-8)10(15)7-14-12(16)6-13/h8-9,14H,5-7,10-13H2,1-4H3,(H,23,24,29);3-5,10,15H,6-7,13H2,1-2H3,(H,14,16). The zero-order chi connectivity index (χ0) is 37.3. The first-order valence-corrected chi connectivity index (χ1v) is 18.1. The number of fused-ring (bicyclic) bond motifs is 1. The van der Waals surface area contributed by atoms with Gasteiger partial charge in [0, 0.05) is 45.3 Å². The van der Waals surface area contributed by atoms with Crippen LogP contribution in [0, 0.1) is 0 Å². The predicted octanol–water partition coefficient (Wildman–Crippen LogP) is 1.42. The maximum atomic E-state index is 13.3. The van der Waals surface area contributed by atoms with Crippen LogP contribution in [0.3, 0.4) is 0 Å². The number of methoxy groups -OCH3 is 2. The van der Waals surface area contributed by atoms with Crippen molar-refractivity contribution >= 4 is 27.0 Å². The number of likely N-dealkylation sites (N-methyl/N-ethyl adjacent to an activating group) is 1. The highest BCUT2D eigenvalue weighted by atomic mass is 32.2. The van der Waals surface area contributed by atoms with E-state index in [1.54, 1.807) is 43.4 Å². The monoisotopic (exact) mass is 728 g/mol. The Labute approximate surface area is 297 Å². The van der Waals surface area contributed by atoms with Crippen molar-refractivity contribution in [2.45, 2.75) is 37.7 Å². The van der Waals surface area contributed by atoms with Crippen LogP contribution in [0.2, 0.25) is 0 Å². The second-order valence-electron chi connectivity index (χ2n) is 11.9. The quantitative estimate of drug-likeness (QED) is 0.154.